The molecule has 0 rings (SSSR count). The van der Waals surface area contributed by atoms with E-state index in [1.807, 2.05) is 0 Å². The van der Waals surface area contributed by atoms with Crippen molar-refractivity contribution in [2.45, 2.75) is 39.5 Å². The van der Waals surface area contributed by atoms with Gasteiger partial charge in [0.1, 0.15) is 0 Å². The number of hydrogen-bond donors (Lipinski definition) is 0. The lowest BCUT2D eigenvalue weighted by Crippen LogP contribution is -2.14. The third kappa shape index (κ3) is 9.07. The van der Waals surface area contributed by atoms with Gasteiger partial charge in [-0.25, -0.2) is 0 Å². The van der Waals surface area contributed by atoms with E-state index in [9.17, 15) is 0 Å². The van der Waals surface area contributed by atoms with Crippen LogP contribution in [0.2, 0.25) is 0 Å². The van der Waals surface area contributed by atoms with E-state index in [0.29, 0.717) is 12.1 Å². The summed E-state index contributed by atoms with van der Waals surface area (Å²) in [6.45, 7) is 5.26. The minimum Gasteiger partial charge on any atom is -0.382 e. The van der Waals surface area contributed by atoms with Crippen LogP contribution in [0.3, 0.4) is 0 Å². The van der Waals surface area contributed by atoms with E-state index >= 15 is 0 Å². The Morgan fingerprint density at radius 3 is 2.46 bits per heavy atom. The molecule has 80 valence electrons. The third-order valence-electron chi connectivity index (χ3n) is 2.14. The van der Waals surface area contributed by atoms with E-state index in [4.69, 9.17) is 26.9 Å². The highest BCUT2D eigenvalue weighted by Gasteiger charge is 2.07. The summed E-state index contributed by atoms with van der Waals surface area (Å²) in [7, 11) is -1.55. The summed E-state index contributed by atoms with van der Waals surface area (Å²) in [6.07, 6.45) is 5.61. The Hall–Kier alpha value is 0.757. The smallest absolute Gasteiger partial charge is 0.261 e. The Morgan fingerprint density at radius 1 is 1.31 bits per heavy atom. The Balaban J connectivity index is 3.36. The van der Waals surface area contributed by atoms with Crippen LogP contribution >= 0.6 is 22.2 Å². The largest absolute Gasteiger partial charge is 0.382 e. The SMILES string of the molecule is CCCCC(CC)COC[SiH](Cl)Cl. The molecule has 4 heteroatoms. The minimum absolute atomic E-state index is 0.589. The standard InChI is InChI=1S/C9H20Cl2OSi/c1-3-5-6-9(4-2)7-12-8-13(10)11/h9,13H,3-8H2,1-2H3. The second-order valence-corrected chi connectivity index (χ2v) is 8.29. The van der Waals surface area contributed by atoms with Crippen molar-refractivity contribution in [3.05, 3.63) is 0 Å². The molecule has 0 radical (unpaired) electrons. The van der Waals surface area contributed by atoms with Gasteiger partial charge >= 0.3 is 0 Å². The van der Waals surface area contributed by atoms with Crippen molar-refractivity contribution in [1.29, 1.82) is 0 Å². The van der Waals surface area contributed by atoms with Crippen molar-refractivity contribution in [3.63, 3.8) is 0 Å². The Labute approximate surface area is 92.8 Å². The topological polar surface area (TPSA) is 9.23 Å². The average Bonchev–Trinajstić information content (AvgIpc) is 2.10. The van der Waals surface area contributed by atoms with E-state index < -0.39 is 7.42 Å². The normalized spacial score (nSPS) is 13.6. The van der Waals surface area contributed by atoms with Crippen LogP contribution < -0.4 is 0 Å². The number of unbranched alkanes of at least 4 members (excludes halogenated alkanes) is 1. The van der Waals surface area contributed by atoms with Gasteiger partial charge < -0.3 is 4.74 Å². The molecule has 1 unspecified atom stereocenters. The van der Waals surface area contributed by atoms with E-state index in [0.717, 1.165) is 6.61 Å². The van der Waals surface area contributed by atoms with Gasteiger partial charge in [-0.3, -0.25) is 0 Å². The van der Waals surface area contributed by atoms with Gasteiger partial charge in [0.15, 0.2) is 0 Å². The Morgan fingerprint density at radius 2 is 2.00 bits per heavy atom. The molecule has 0 spiro atoms. The lowest BCUT2D eigenvalue weighted by molar-refractivity contribution is 0.128. The molecule has 0 aromatic heterocycles. The van der Waals surface area contributed by atoms with Crippen molar-refractivity contribution >= 4 is 29.6 Å². The van der Waals surface area contributed by atoms with E-state index in [1.165, 1.54) is 25.7 Å². The molecule has 0 saturated carbocycles. The second-order valence-electron chi connectivity index (χ2n) is 3.35. The minimum atomic E-state index is -1.55. The number of ether oxygens (including phenoxy) is 1. The summed E-state index contributed by atoms with van der Waals surface area (Å²) in [5.74, 6) is 0.695. The zero-order valence-corrected chi connectivity index (χ0v) is 11.2. The van der Waals surface area contributed by atoms with Crippen molar-refractivity contribution in [2.75, 3.05) is 12.8 Å². The summed E-state index contributed by atoms with van der Waals surface area (Å²) in [4.78, 5) is 0. The van der Waals surface area contributed by atoms with Crippen LogP contribution in [0, 0.1) is 5.92 Å². The second kappa shape index (κ2) is 9.32. The highest BCUT2D eigenvalue weighted by atomic mass is 35.7. The fourth-order valence-electron chi connectivity index (χ4n) is 1.22. The first-order chi connectivity index (χ1) is 6.20. The molecule has 0 saturated heterocycles. The van der Waals surface area contributed by atoms with E-state index in [1.54, 1.807) is 0 Å². The number of rotatable bonds is 8. The fraction of sp³-hybridized carbons (Fsp3) is 1.00. The molecule has 0 aliphatic rings. The lowest BCUT2D eigenvalue weighted by Gasteiger charge is -2.14. The van der Waals surface area contributed by atoms with Gasteiger partial charge in [-0.1, -0.05) is 33.1 Å². The maximum Gasteiger partial charge on any atom is 0.261 e. The van der Waals surface area contributed by atoms with Crippen molar-refractivity contribution in [2.24, 2.45) is 5.92 Å². The molecule has 0 aromatic carbocycles. The average molecular weight is 243 g/mol. The predicted molar refractivity (Wildman–Crippen MR) is 63.0 cm³/mol. The quantitative estimate of drug-likeness (QED) is 0.468. The summed E-state index contributed by atoms with van der Waals surface area (Å²) in [6, 6.07) is 0. The third-order valence-corrected chi connectivity index (χ3v) is 3.38. The molecule has 1 nitrogen and oxygen atoms in total. The van der Waals surface area contributed by atoms with Crippen LogP contribution in [0.15, 0.2) is 0 Å². The van der Waals surface area contributed by atoms with Crippen LogP contribution in [0.5, 0.6) is 0 Å². The molecule has 0 aliphatic carbocycles. The number of hydrogen-bond acceptors (Lipinski definition) is 1. The first kappa shape index (κ1) is 13.8. The molecule has 0 heterocycles. The van der Waals surface area contributed by atoms with Crippen LogP contribution in [0.25, 0.3) is 0 Å². The van der Waals surface area contributed by atoms with Crippen LogP contribution in [-0.2, 0) is 4.74 Å². The molecule has 0 bridgehead atoms. The highest BCUT2D eigenvalue weighted by Crippen LogP contribution is 2.13. The summed E-state index contributed by atoms with van der Waals surface area (Å²) >= 11 is 11.4. The van der Waals surface area contributed by atoms with Gasteiger partial charge in [-0.2, -0.15) is 0 Å². The highest BCUT2D eigenvalue weighted by molar-refractivity contribution is 7.33. The van der Waals surface area contributed by atoms with Crippen molar-refractivity contribution in [3.8, 4) is 0 Å². The summed E-state index contributed by atoms with van der Waals surface area (Å²) in [5.41, 5.74) is 0. The van der Waals surface area contributed by atoms with Gasteiger partial charge in [0.2, 0.25) is 0 Å². The van der Waals surface area contributed by atoms with Gasteiger partial charge in [0.25, 0.3) is 7.42 Å². The first-order valence-electron chi connectivity index (χ1n) is 5.06. The molecule has 1 atom stereocenters. The molecule has 0 fully saturated rings. The molecule has 0 aliphatic heterocycles. The maximum absolute atomic E-state index is 5.69. The molecule has 0 amide bonds. The zero-order valence-electron chi connectivity index (χ0n) is 8.56. The molecule has 0 N–H and O–H groups in total. The van der Waals surface area contributed by atoms with E-state index in [2.05, 4.69) is 13.8 Å². The summed E-state index contributed by atoms with van der Waals surface area (Å²) < 4.78 is 5.44. The van der Waals surface area contributed by atoms with Gasteiger partial charge in [0, 0.05) is 6.61 Å². The summed E-state index contributed by atoms with van der Waals surface area (Å²) in [5, 5.41) is 0. The molecule has 13 heavy (non-hydrogen) atoms. The van der Waals surface area contributed by atoms with Crippen LogP contribution in [0.4, 0.5) is 0 Å². The van der Waals surface area contributed by atoms with Crippen molar-refractivity contribution < 1.29 is 4.74 Å². The van der Waals surface area contributed by atoms with Gasteiger partial charge in [-0.05, 0) is 12.3 Å². The van der Waals surface area contributed by atoms with Gasteiger partial charge in [0.05, 0.1) is 6.23 Å². The zero-order chi connectivity index (χ0) is 10.1. The van der Waals surface area contributed by atoms with Crippen LogP contribution in [-0.4, -0.2) is 20.3 Å². The van der Waals surface area contributed by atoms with Gasteiger partial charge in [-0.15, -0.1) is 22.2 Å². The van der Waals surface area contributed by atoms with E-state index in [-0.39, 0.29) is 0 Å². The first-order valence-corrected chi connectivity index (χ1v) is 9.37. The fourth-order valence-corrected chi connectivity index (χ4v) is 2.07. The van der Waals surface area contributed by atoms with Crippen LogP contribution in [0.1, 0.15) is 39.5 Å². The number of halogens is 2. The molecular formula is C9H20Cl2OSi. The molecular weight excluding hydrogens is 223 g/mol. The Bertz CT molecular complexity index is 112. The molecule has 0 aromatic rings. The predicted octanol–water partition coefficient (Wildman–Crippen LogP) is 3.46. The monoisotopic (exact) mass is 242 g/mol. The lowest BCUT2D eigenvalue weighted by atomic mass is 10.0. The maximum atomic E-state index is 5.69. The van der Waals surface area contributed by atoms with Crippen molar-refractivity contribution in [1.82, 2.24) is 0 Å². The Kier molecular flexibility index (Phi) is 9.86.